The van der Waals surface area contributed by atoms with E-state index in [9.17, 15) is 23.6 Å². The molecule has 0 spiro atoms. The third kappa shape index (κ3) is 21.0. The molecule has 2 amide bonds. The first-order valence-electron chi connectivity index (χ1n) is 13.2. The van der Waals surface area contributed by atoms with Crippen LogP contribution in [0.1, 0.15) is 105 Å². The minimum atomic E-state index is -3.46. The highest BCUT2D eigenvalue weighted by Crippen LogP contribution is 2.47. The molecule has 3 N–H and O–H groups in total. The number of amides is 2. The second-order valence-corrected chi connectivity index (χ2v) is 13.7. The molecule has 2 atom stereocenters. The third-order valence-corrected chi connectivity index (χ3v) is 8.55. The zero-order chi connectivity index (χ0) is 26.5. The molecule has 2 unspecified atom stereocenters. The van der Waals surface area contributed by atoms with E-state index in [0.29, 0.717) is 39.1 Å². The van der Waals surface area contributed by atoms with Crippen LogP contribution in [-0.4, -0.2) is 54.3 Å². The lowest BCUT2D eigenvalue weighted by Gasteiger charge is -2.15. The molecular formula is C24H49N2O7P2+. The Labute approximate surface area is 213 Å². The summed E-state index contributed by atoms with van der Waals surface area (Å²) in [4.78, 5) is 33.3. The summed E-state index contributed by atoms with van der Waals surface area (Å²) in [7, 11) is -5.05. The summed E-state index contributed by atoms with van der Waals surface area (Å²) in [5.74, 6) is 0.111. The SMILES string of the molecule is CC(C)[P+](=O)OCCCCNC(=O)CCCCCCC(=O)NCCCCCCOP(=O)(O)C(C)C. The van der Waals surface area contributed by atoms with Gasteiger partial charge < -0.3 is 20.1 Å². The van der Waals surface area contributed by atoms with Crippen molar-refractivity contribution in [2.75, 3.05) is 26.3 Å². The van der Waals surface area contributed by atoms with Gasteiger partial charge in [0.15, 0.2) is 5.66 Å². The van der Waals surface area contributed by atoms with Crippen molar-refractivity contribution < 1.29 is 32.7 Å². The van der Waals surface area contributed by atoms with Crippen molar-refractivity contribution >= 4 is 27.4 Å². The molecule has 35 heavy (non-hydrogen) atoms. The summed E-state index contributed by atoms with van der Waals surface area (Å²) in [6.45, 7) is 9.08. The molecule has 0 saturated carbocycles. The Bertz CT molecular complexity index is 645. The first-order chi connectivity index (χ1) is 16.6. The fraction of sp³-hybridized carbons (Fsp3) is 0.917. The average Bonchev–Trinajstić information content (AvgIpc) is 2.79. The summed E-state index contributed by atoms with van der Waals surface area (Å²) >= 11 is 0. The second kappa shape index (κ2) is 21.3. The van der Waals surface area contributed by atoms with E-state index in [2.05, 4.69) is 10.6 Å². The molecule has 0 heterocycles. The number of carbonyl (C=O) groups is 2. The molecule has 9 nitrogen and oxygen atoms in total. The molecule has 0 aromatic rings. The highest BCUT2D eigenvalue weighted by atomic mass is 31.2. The van der Waals surface area contributed by atoms with Crippen LogP contribution >= 0.6 is 15.6 Å². The monoisotopic (exact) mass is 539 g/mol. The van der Waals surface area contributed by atoms with E-state index < -0.39 is 15.6 Å². The number of nitrogens with one attached hydrogen (secondary N) is 2. The minimum Gasteiger partial charge on any atom is -0.356 e. The van der Waals surface area contributed by atoms with Gasteiger partial charge >= 0.3 is 15.6 Å². The Morgan fingerprint density at radius 2 is 1.23 bits per heavy atom. The van der Waals surface area contributed by atoms with Crippen molar-refractivity contribution in [3.63, 3.8) is 0 Å². The van der Waals surface area contributed by atoms with Gasteiger partial charge in [0.1, 0.15) is 6.61 Å². The van der Waals surface area contributed by atoms with Gasteiger partial charge in [-0.3, -0.25) is 14.2 Å². The van der Waals surface area contributed by atoms with Crippen LogP contribution in [0.3, 0.4) is 0 Å². The van der Waals surface area contributed by atoms with Crippen LogP contribution < -0.4 is 10.6 Å². The molecule has 0 aromatic heterocycles. The first kappa shape index (κ1) is 34.1. The summed E-state index contributed by atoms with van der Waals surface area (Å²) in [6.07, 6.45) is 9.54. The van der Waals surface area contributed by atoms with Gasteiger partial charge in [-0.25, -0.2) is 0 Å². The van der Waals surface area contributed by atoms with Crippen LogP contribution in [0.4, 0.5) is 0 Å². The quantitative estimate of drug-likeness (QED) is 0.112. The van der Waals surface area contributed by atoms with Gasteiger partial charge in [-0.05, 0) is 56.9 Å². The fourth-order valence-corrected chi connectivity index (χ4v) is 4.31. The van der Waals surface area contributed by atoms with E-state index in [1.54, 1.807) is 13.8 Å². The van der Waals surface area contributed by atoms with Gasteiger partial charge in [-0.1, -0.05) is 39.5 Å². The van der Waals surface area contributed by atoms with E-state index in [4.69, 9.17) is 9.05 Å². The van der Waals surface area contributed by atoms with Crippen LogP contribution in [0.2, 0.25) is 0 Å². The van der Waals surface area contributed by atoms with Gasteiger partial charge in [0.25, 0.3) is 0 Å². The summed E-state index contributed by atoms with van der Waals surface area (Å²) < 4.78 is 33.4. The molecule has 0 aliphatic rings. The largest absolute Gasteiger partial charge is 0.510 e. The number of hydrogen-bond acceptors (Lipinski definition) is 6. The van der Waals surface area contributed by atoms with Gasteiger partial charge in [0.2, 0.25) is 11.8 Å². The second-order valence-electron chi connectivity index (χ2n) is 9.44. The normalized spacial score (nSPS) is 13.6. The molecule has 0 fully saturated rings. The molecule has 0 rings (SSSR count). The summed E-state index contributed by atoms with van der Waals surface area (Å²) in [5, 5.41) is 5.82. The molecule has 0 bridgehead atoms. The van der Waals surface area contributed by atoms with Gasteiger partial charge in [0, 0.05) is 25.9 Å². The molecule has 0 aliphatic heterocycles. The lowest BCUT2D eigenvalue weighted by Crippen LogP contribution is -2.24. The number of unbranched alkanes of at least 4 members (excludes halogenated alkanes) is 7. The van der Waals surface area contributed by atoms with Crippen molar-refractivity contribution in [3.05, 3.63) is 0 Å². The Kier molecular flexibility index (Phi) is 20.7. The van der Waals surface area contributed by atoms with Crippen LogP contribution in [0.25, 0.3) is 0 Å². The van der Waals surface area contributed by atoms with E-state index in [1.165, 1.54) is 0 Å². The Hall–Kier alpha value is -0.850. The molecule has 0 aliphatic carbocycles. The maximum atomic E-state index is 11.9. The average molecular weight is 540 g/mol. The smallest absolute Gasteiger partial charge is 0.356 e. The van der Waals surface area contributed by atoms with Crippen molar-refractivity contribution in [2.24, 2.45) is 0 Å². The highest BCUT2D eigenvalue weighted by Gasteiger charge is 2.23. The maximum Gasteiger partial charge on any atom is 0.510 e. The molecule has 206 valence electrons. The zero-order valence-corrected chi connectivity index (χ0v) is 24.0. The minimum absolute atomic E-state index is 0.0361. The van der Waals surface area contributed by atoms with Crippen molar-refractivity contribution in [1.82, 2.24) is 10.6 Å². The van der Waals surface area contributed by atoms with E-state index >= 15 is 0 Å². The Morgan fingerprint density at radius 1 is 0.771 bits per heavy atom. The highest BCUT2D eigenvalue weighted by molar-refractivity contribution is 7.53. The lowest BCUT2D eigenvalue weighted by molar-refractivity contribution is -0.122. The van der Waals surface area contributed by atoms with Crippen LogP contribution in [0, 0.1) is 0 Å². The molecular weight excluding hydrogens is 490 g/mol. The Morgan fingerprint density at radius 3 is 1.74 bits per heavy atom. The first-order valence-corrected chi connectivity index (χ1v) is 16.0. The number of hydrogen-bond donors (Lipinski definition) is 3. The van der Waals surface area contributed by atoms with Crippen LogP contribution in [0.15, 0.2) is 0 Å². The van der Waals surface area contributed by atoms with E-state index in [-0.39, 0.29) is 23.1 Å². The van der Waals surface area contributed by atoms with Crippen LogP contribution in [0.5, 0.6) is 0 Å². The molecule has 0 saturated heterocycles. The Balaban J connectivity index is 3.44. The fourth-order valence-electron chi connectivity index (χ4n) is 3.01. The van der Waals surface area contributed by atoms with E-state index in [0.717, 1.165) is 64.2 Å². The van der Waals surface area contributed by atoms with E-state index in [1.807, 2.05) is 13.8 Å². The summed E-state index contributed by atoms with van der Waals surface area (Å²) in [5.41, 5.74) is -0.344. The molecule has 0 aromatic carbocycles. The predicted molar refractivity (Wildman–Crippen MR) is 141 cm³/mol. The topological polar surface area (TPSA) is 131 Å². The van der Waals surface area contributed by atoms with Crippen molar-refractivity contribution in [2.45, 2.75) is 116 Å². The molecule has 0 radical (unpaired) electrons. The van der Waals surface area contributed by atoms with Gasteiger partial charge in [0.05, 0.1) is 12.3 Å². The van der Waals surface area contributed by atoms with Crippen molar-refractivity contribution in [1.29, 1.82) is 0 Å². The number of carbonyl (C=O) groups excluding carboxylic acids is 2. The summed E-state index contributed by atoms with van der Waals surface area (Å²) in [6, 6.07) is 0. The zero-order valence-electron chi connectivity index (χ0n) is 22.3. The van der Waals surface area contributed by atoms with Crippen molar-refractivity contribution in [3.8, 4) is 0 Å². The van der Waals surface area contributed by atoms with Crippen LogP contribution in [-0.2, 0) is 27.8 Å². The third-order valence-electron chi connectivity index (χ3n) is 5.41. The standard InChI is InChI=1S/C24H48N2O7P2/c1-21(2)34(29)32-19-14-12-18-26-24(28)16-10-6-5-9-15-23(27)25-17-11-7-8-13-20-33-35(30,31)22(3)4/h21-22H,5-20H2,1-4H3,(H2-,25,26,27,28,30,31)/p+1. The molecule has 11 heteroatoms. The van der Waals surface area contributed by atoms with Gasteiger partial charge in [-0.15, -0.1) is 4.52 Å². The maximum absolute atomic E-state index is 11.9. The lowest BCUT2D eigenvalue weighted by atomic mass is 10.1. The van der Waals surface area contributed by atoms with Gasteiger partial charge in [-0.2, -0.15) is 0 Å². The predicted octanol–water partition coefficient (Wildman–Crippen LogP) is 5.68. The number of rotatable bonds is 23.